The molecule has 0 aliphatic carbocycles. The molecule has 8 heterocycles. The van der Waals surface area contributed by atoms with E-state index in [9.17, 15) is 85.5 Å². The third-order valence-electron chi connectivity index (χ3n) is 18.1. The summed E-state index contributed by atoms with van der Waals surface area (Å²) in [6.45, 7) is 15.4. The van der Waals surface area contributed by atoms with Gasteiger partial charge in [0.05, 0.1) is 45.6 Å². The van der Waals surface area contributed by atoms with Gasteiger partial charge in [0.1, 0.15) is 46.5 Å². The van der Waals surface area contributed by atoms with Crippen molar-refractivity contribution in [2.24, 2.45) is 0 Å². The van der Waals surface area contributed by atoms with E-state index in [4.69, 9.17) is 0 Å². The first-order valence-electron chi connectivity index (χ1n) is 37.9. The Bertz CT molecular complexity index is 5430. The van der Waals surface area contributed by atoms with Crippen LogP contribution in [0.4, 0.5) is 85.5 Å². The largest absolute Gasteiger partial charge is 1.00 e. The summed E-state index contributed by atoms with van der Waals surface area (Å²) in [4.78, 5) is 37.1. The Kier molecular flexibility index (Phi) is 30.5. The van der Waals surface area contributed by atoms with E-state index in [1.165, 1.54) is 97.1 Å². The zero-order chi connectivity index (χ0) is 91.5. The van der Waals surface area contributed by atoms with Gasteiger partial charge >= 0.3 is 100 Å². The quantitative estimate of drug-likeness (QED) is 0.0677. The molecule has 16 aromatic rings. The molecular formula is C96H72Cu2F20N8P2. The maximum Gasteiger partial charge on any atom is 1.00 e. The number of aryl methyl sites for hydroxylation is 8. The summed E-state index contributed by atoms with van der Waals surface area (Å²) >= 11 is 0. The van der Waals surface area contributed by atoms with Gasteiger partial charge in [-0.3, -0.25) is 39.9 Å². The molecule has 0 saturated carbocycles. The van der Waals surface area contributed by atoms with Crippen molar-refractivity contribution in [3.05, 3.63) is 383 Å². The van der Waals surface area contributed by atoms with Gasteiger partial charge in [-0.15, -0.1) is 0 Å². The van der Waals surface area contributed by atoms with Crippen molar-refractivity contribution in [3.63, 3.8) is 0 Å². The zero-order valence-electron chi connectivity index (χ0n) is 68.3. The average molecular weight is 1910 g/mol. The Labute approximate surface area is 743 Å². The Morgan fingerprint density at radius 3 is 0.297 bits per heavy atom. The minimum Gasteiger partial charge on any atom is 1.00 e. The number of hydrogen-bond donors (Lipinski definition) is 0. The van der Waals surface area contributed by atoms with Crippen LogP contribution in [0.15, 0.2) is 291 Å². The second kappa shape index (κ2) is 39.4. The molecule has 0 spiro atoms. The van der Waals surface area contributed by atoms with E-state index in [0.29, 0.717) is 0 Å². The van der Waals surface area contributed by atoms with E-state index < -0.39 is 15.6 Å². The Morgan fingerprint density at radius 1 is 0.141 bits per heavy atom. The number of nitrogens with zero attached hydrogens (tertiary/aromatic N) is 8. The van der Waals surface area contributed by atoms with Crippen LogP contribution in [-0.2, 0) is 34.1 Å². The predicted molar refractivity (Wildman–Crippen MR) is 458 cm³/mol. The molecule has 16 rings (SSSR count). The number of benzene rings is 8. The number of hydrogen-bond acceptors (Lipinski definition) is 8. The van der Waals surface area contributed by atoms with Crippen molar-refractivity contribution >= 4 is 15.6 Å². The average Bonchev–Trinajstić information content (AvgIpc) is 0.791. The van der Waals surface area contributed by atoms with E-state index in [0.717, 1.165) is 180 Å². The molecule has 8 aromatic carbocycles. The van der Waals surface area contributed by atoms with Crippen LogP contribution in [0.1, 0.15) is 45.6 Å². The molecule has 0 aliphatic heterocycles. The van der Waals surface area contributed by atoms with E-state index >= 15 is 0 Å². The number of pyridine rings is 8. The predicted octanol–water partition coefficient (Wildman–Crippen LogP) is 32.3. The molecule has 668 valence electrons. The molecular weight excluding hydrogens is 1830 g/mol. The number of halogens is 20. The van der Waals surface area contributed by atoms with Gasteiger partial charge in [-0.2, -0.15) is 0 Å². The van der Waals surface area contributed by atoms with Crippen molar-refractivity contribution in [1.29, 1.82) is 0 Å². The van der Waals surface area contributed by atoms with Gasteiger partial charge in [0.25, 0.3) is 0 Å². The SMILES string of the molecule is Cc1cc(-c2ccc(F)cc2)cc(-c2cc(-c3ccc(F)cc3)cc(C)n2)n1.Cc1cc(-c2ccc(F)cc2)cc(-c2cc(-c3ccc(F)cc3)cc(C)n2)n1.Cc1cc(-c2ccc(F)cc2)cc(-c2cc(-c3ccc(F)cc3)cc(C)n2)n1.Cc1cc(-c2ccc(F)cc2)cc(-c2cc(-c3ccc(F)cc3)cc(C)n2)n1.F[P-](F)(F)(F)(F)F.F[P-](F)(F)(F)(F)F.[Cu+].[Cu+]. The molecule has 0 atom stereocenters. The van der Waals surface area contributed by atoms with Gasteiger partial charge < -0.3 is 0 Å². The van der Waals surface area contributed by atoms with Crippen LogP contribution < -0.4 is 0 Å². The van der Waals surface area contributed by atoms with Gasteiger partial charge in [0.2, 0.25) is 0 Å². The molecule has 0 N–H and O–H groups in total. The van der Waals surface area contributed by atoms with Gasteiger partial charge in [-0.1, -0.05) is 97.1 Å². The fourth-order valence-corrected chi connectivity index (χ4v) is 12.9. The summed E-state index contributed by atoms with van der Waals surface area (Å²) < 4.78 is 224. The van der Waals surface area contributed by atoms with Gasteiger partial charge in [0, 0.05) is 45.6 Å². The topological polar surface area (TPSA) is 103 Å². The first-order valence-corrected chi connectivity index (χ1v) is 42.0. The van der Waals surface area contributed by atoms with Crippen LogP contribution in [0, 0.1) is 102 Å². The van der Waals surface area contributed by atoms with Crippen molar-refractivity contribution in [3.8, 4) is 135 Å². The van der Waals surface area contributed by atoms with E-state index in [-0.39, 0.29) is 80.7 Å². The van der Waals surface area contributed by atoms with Crippen LogP contribution in [0.5, 0.6) is 0 Å². The molecule has 0 fully saturated rings. The van der Waals surface area contributed by atoms with E-state index in [2.05, 4.69) is 39.9 Å². The molecule has 0 bridgehead atoms. The smallest absolute Gasteiger partial charge is 1.00 e. The fourth-order valence-electron chi connectivity index (χ4n) is 12.9. The molecule has 0 amide bonds. The van der Waals surface area contributed by atoms with Crippen molar-refractivity contribution in [2.45, 2.75) is 55.4 Å². The maximum atomic E-state index is 13.3. The zero-order valence-corrected chi connectivity index (χ0v) is 72.0. The summed E-state index contributed by atoms with van der Waals surface area (Å²) in [6, 6.07) is 82.5. The minimum absolute atomic E-state index is 0. The summed E-state index contributed by atoms with van der Waals surface area (Å²) in [5.74, 6) is -2.12. The summed E-state index contributed by atoms with van der Waals surface area (Å²) in [5, 5.41) is 0. The van der Waals surface area contributed by atoms with Crippen LogP contribution >= 0.6 is 15.6 Å². The standard InChI is InChI=1S/4C24H18F2N2.2Cu.2F6P/c4*1-15-11-19(17-3-7-21(25)8-4-17)13-23(27-15)24-14-20(12-16(2)28-24)18-5-9-22(26)10-6-18;;;2*1-7(2,3,4,5)6/h4*3-14H,1-2H3;;;;/q;;;;2*+1;2*-1. The molecule has 0 aliphatic rings. The Hall–Kier alpha value is -12.5. The Balaban J connectivity index is 0.000000182. The van der Waals surface area contributed by atoms with E-state index in [1.807, 2.05) is 152 Å². The Morgan fingerprint density at radius 2 is 0.219 bits per heavy atom. The normalized spacial score (nSPS) is 12.0. The second-order valence-corrected chi connectivity index (χ2v) is 32.9. The third kappa shape index (κ3) is 32.1. The van der Waals surface area contributed by atoms with Gasteiger partial charge in [-0.05, 0) is 339 Å². The fraction of sp³-hybridized carbons (Fsp3) is 0.0833. The molecule has 32 heteroatoms. The first kappa shape index (κ1) is 99.2. The molecule has 8 nitrogen and oxygen atoms in total. The van der Waals surface area contributed by atoms with Crippen molar-refractivity contribution < 1.29 is 120 Å². The second-order valence-electron chi connectivity index (χ2n) is 29.0. The van der Waals surface area contributed by atoms with Crippen LogP contribution in [0.2, 0.25) is 0 Å². The number of rotatable bonds is 12. The monoisotopic (exact) mass is 1900 g/mol. The van der Waals surface area contributed by atoms with Crippen molar-refractivity contribution in [2.75, 3.05) is 0 Å². The summed E-state index contributed by atoms with van der Waals surface area (Å²) in [5.41, 5.74) is 27.7. The maximum absolute atomic E-state index is 13.3. The molecule has 8 aromatic heterocycles. The molecule has 128 heavy (non-hydrogen) atoms. The molecule has 0 unspecified atom stereocenters. The van der Waals surface area contributed by atoms with E-state index in [1.54, 1.807) is 97.1 Å². The minimum atomic E-state index is -10.7. The van der Waals surface area contributed by atoms with Crippen LogP contribution in [0.25, 0.3) is 135 Å². The summed E-state index contributed by atoms with van der Waals surface area (Å²) in [7, 11) is -21.3. The third-order valence-corrected chi connectivity index (χ3v) is 18.1. The van der Waals surface area contributed by atoms with Gasteiger partial charge in [-0.25, -0.2) is 35.1 Å². The number of aromatic nitrogens is 8. The first-order chi connectivity index (χ1) is 58.8. The summed E-state index contributed by atoms with van der Waals surface area (Å²) in [6.07, 6.45) is 0. The van der Waals surface area contributed by atoms with Crippen LogP contribution in [0.3, 0.4) is 0 Å². The van der Waals surface area contributed by atoms with Crippen LogP contribution in [-0.4, -0.2) is 39.9 Å². The molecule has 0 saturated heterocycles. The van der Waals surface area contributed by atoms with Crippen molar-refractivity contribution in [1.82, 2.24) is 39.9 Å². The molecule has 0 radical (unpaired) electrons. The van der Waals surface area contributed by atoms with Gasteiger partial charge in [0.15, 0.2) is 0 Å².